The molecule has 9 heteroatoms. The summed E-state index contributed by atoms with van der Waals surface area (Å²) in [5.41, 5.74) is 2.01. The average Bonchev–Trinajstić information content (AvgIpc) is 3.59. The van der Waals surface area contributed by atoms with Crippen molar-refractivity contribution in [1.29, 1.82) is 0 Å². The molecule has 0 unspecified atom stereocenters. The van der Waals surface area contributed by atoms with Crippen molar-refractivity contribution >= 4 is 17.9 Å². The van der Waals surface area contributed by atoms with Crippen LogP contribution in [-0.2, 0) is 29.6 Å². The summed E-state index contributed by atoms with van der Waals surface area (Å²) in [5, 5.41) is 13.5. The molecule has 1 saturated heterocycles. The molecule has 0 radical (unpaired) electrons. The Morgan fingerprint density at radius 2 is 2.03 bits per heavy atom. The first kappa shape index (κ1) is 24.5. The molecule has 3 aliphatic rings. The number of allylic oxidation sites excluding steroid dienone is 1. The van der Waals surface area contributed by atoms with Crippen LogP contribution in [0.4, 0.5) is 0 Å². The Balaban J connectivity index is 1.49. The number of aliphatic hydroxyl groups excluding tert-OH is 1. The number of nitrogens with zero attached hydrogens (tertiary/aromatic N) is 4. The average molecular weight is 494 g/mol. The van der Waals surface area contributed by atoms with Crippen molar-refractivity contribution < 1.29 is 14.7 Å². The van der Waals surface area contributed by atoms with E-state index in [1.807, 2.05) is 41.8 Å². The zero-order valence-corrected chi connectivity index (χ0v) is 21.0. The highest BCUT2D eigenvalue weighted by molar-refractivity contribution is 5.85. The van der Waals surface area contributed by atoms with Crippen LogP contribution in [0.1, 0.15) is 55.6 Å². The smallest absolute Gasteiger partial charge is 0.258 e. The van der Waals surface area contributed by atoms with Gasteiger partial charge in [-0.05, 0) is 31.9 Å². The van der Waals surface area contributed by atoms with E-state index in [9.17, 15) is 19.5 Å². The van der Waals surface area contributed by atoms with Crippen molar-refractivity contribution in [2.24, 2.45) is 24.8 Å². The number of aliphatic hydroxyl groups is 1. The molecule has 2 amide bonds. The van der Waals surface area contributed by atoms with Crippen LogP contribution in [0.3, 0.4) is 0 Å². The molecule has 4 heterocycles. The summed E-state index contributed by atoms with van der Waals surface area (Å²) < 4.78 is 3.58. The van der Waals surface area contributed by atoms with E-state index in [0.29, 0.717) is 24.2 Å². The molecule has 2 aromatic rings. The van der Waals surface area contributed by atoms with E-state index < -0.39 is 23.9 Å². The van der Waals surface area contributed by atoms with Crippen LogP contribution in [0.5, 0.6) is 0 Å². The quantitative estimate of drug-likeness (QED) is 0.610. The zero-order valence-electron chi connectivity index (χ0n) is 21.0. The number of carbonyl (C=O) groups excluding carboxylic acids is 2. The normalized spacial score (nSPS) is 25.5. The molecule has 9 nitrogen and oxygen atoms in total. The number of amides is 2. The first-order valence-corrected chi connectivity index (χ1v) is 13.0. The summed E-state index contributed by atoms with van der Waals surface area (Å²) in [6.45, 7) is 2.34. The molecular formula is C27H35N5O4. The first-order valence-electron chi connectivity index (χ1n) is 13.0. The molecule has 2 aliphatic heterocycles. The summed E-state index contributed by atoms with van der Waals surface area (Å²) in [6, 6.07) is 2.68. The Morgan fingerprint density at radius 3 is 2.69 bits per heavy atom. The first-order chi connectivity index (χ1) is 17.4. The fraction of sp³-hybridized carbons (Fsp3) is 0.556. The minimum Gasteiger partial charge on any atom is -0.396 e. The molecule has 0 aromatic carbocycles. The lowest BCUT2D eigenvalue weighted by Crippen LogP contribution is -2.50. The number of hydrogen-bond acceptors (Lipinski definition) is 5. The van der Waals surface area contributed by atoms with Crippen molar-refractivity contribution in [2.75, 3.05) is 13.2 Å². The van der Waals surface area contributed by atoms with E-state index in [2.05, 4.69) is 10.3 Å². The maximum Gasteiger partial charge on any atom is 0.258 e. The molecule has 1 saturated carbocycles. The molecule has 1 aliphatic carbocycles. The van der Waals surface area contributed by atoms with E-state index in [4.69, 9.17) is 0 Å². The van der Waals surface area contributed by atoms with Crippen LogP contribution in [0.15, 0.2) is 35.5 Å². The van der Waals surface area contributed by atoms with Crippen LogP contribution in [0.25, 0.3) is 6.08 Å². The molecule has 2 N–H and O–H groups in total. The molecule has 5 rings (SSSR count). The predicted octanol–water partition coefficient (Wildman–Crippen LogP) is 1.65. The Bertz CT molecular complexity index is 1220. The fourth-order valence-electron chi connectivity index (χ4n) is 6.44. The van der Waals surface area contributed by atoms with Crippen molar-refractivity contribution in [1.82, 2.24) is 24.3 Å². The second kappa shape index (κ2) is 10.0. The third-order valence-corrected chi connectivity index (χ3v) is 8.12. The lowest BCUT2D eigenvalue weighted by Gasteiger charge is -2.39. The van der Waals surface area contributed by atoms with Gasteiger partial charge in [0.2, 0.25) is 11.8 Å². The van der Waals surface area contributed by atoms with Crippen molar-refractivity contribution in [2.45, 2.75) is 57.7 Å². The van der Waals surface area contributed by atoms with E-state index in [1.165, 1.54) is 0 Å². The van der Waals surface area contributed by atoms with Gasteiger partial charge < -0.3 is 24.5 Å². The van der Waals surface area contributed by atoms with Gasteiger partial charge in [-0.1, -0.05) is 25.0 Å². The number of imidazole rings is 1. The van der Waals surface area contributed by atoms with Gasteiger partial charge in [0.15, 0.2) is 0 Å². The molecule has 36 heavy (non-hydrogen) atoms. The van der Waals surface area contributed by atoms with Crippen LogP contribution in [-0.4, -0.2) is 55.1 Å². The Labute approximate surface area is 210 Å². The summed E-state index contributed by atoms with van der Waals surface area (Å²) in [5.74, 6) is -1.27. The zero-order chi connectivity index (χ0) is 25.4. The SMILES string of the molecule is C/C=C\c1ccc2n(c1=O)C[C@@H]1[C@@H](CO)[C@H](C(=O)NCCc3cn(C)cn3)[C@H]2N1C(=O)C1CCCC1. The van der Waals surface area contributed by atoms with Crippen LogP contribution in [0, 0.1) is 17.8 Å². The topological polar surface area (TPSA) is 109 Å². The lowest BCUT2D eigenvalue weighted by atomic mass is 9.86. The van der Waals surface area contributed by atoms with Gasteiger partial charge in [-0.3, -0.25) is 14.4 Å². The number of fused-ring (bicyclic) bond motifs is 4. The predicted molar refractivity (Wildman–Crippen MR) is 135 cm³/mol. The second-order valence-corrected chi connectivity index (χ2v) is 10.3. The number of pyridine rings is 1. The standard InChI is InChI=1S/C27H35N5O4/c1-3-6-17-9-10-21-24-23(25(34)28-12-11-19-13-30(2)16-29-19)20(15-33)22(14-31(21)26(17)35)32(24)27(36)18-7-4-5-8-18/h3,6,9-10,13,16,18,20,22-24,33H,4-5,7-8,11-12,14-15H2,1-2H3,(H,28,34)/b6-3-/t20-,22-,23+,24+/m1/s1. The minimum atomic E-state index is -0.630. The van der Waals surface area contributed by atoms with Gasteiger partial charge >= 0.3 is 0 Å². The van der Waals surface area contributed by atoms with Gasteiger partial charge in [-0.25, -0.2) is 4.98 Å². The molecule has 2 fully saturated rings. The largest absolute Gasteiger partial charge is 0.396 e. The third kappa shape index (κ3) is 4.19. The van der Waals surface area contributed by atoms with Gasteiger partial charge in [-0.15, -0.1) is 0 Å². The Kier molecular flexibility index (Phi) is 6.83. The monoisotopic (exact) mass is 493 g/mol. The van der Waals surface area contributed by atoms with Crippen LogP contribution >= 0.6 is 0 Å². The molecular weight excluding hydrogens is 458 g/mol. The number of carbonyl (C=O) groups is 2. The van der Waals surface area contributed by atoms with Crippen molar-refractivity contribution in [3.63, 3.8) is 0 Å². The molecule has 192 valence electrons. The van der Waals surface area contributed by atoms with E-state index in [0.717, 1.165) is 31.4 Å². The molecule has 0 spiro atoms. The second-order valence-electron chi connectivity index (χ2n) is 10.3. The number of aromatic nitrogens is 3. The Hall–Kier alpha value is -3.20. The highest BCUT2D eigenvalue weighted by Gasteiger charge is 2.58. The van der Waals surface area contributed by atoms with Crippen LogP contribution < -0.4 is 10.9 Å². The third-order valence-electron chi connectivity index (χ3n) is 8.12. The summed E-state index contributed by atoms with van der Waals surface area (Å²) >= 11 is 0. The fourth-order valence-corrected chi connectivity index (χ4v) is 6.44. The number of nitrogens with one attached hydrogen (secondary N) is 1. The summed E-state index contributed by atoms with van der Waals surface area (Å²) in [4.78, 5) is 46.8. The van der Waals surface area contributed by atoms with Gasteiger partial charge in [0.1, 0.15) is 0 Å². The van der Waals surface area contributed by atoms with Crippen LogP contribution in [0.2, 0.25) is 0 Å². The van der Waals surface area contributed by atoms with Gasteiger partial charge in [0.05, 0.1) is 30.0 Å². The molecule has 2 bridgehead atoms. The van der Waals surface area contributed by atoms with Gasteiger partial charge in [0, 0.05) is 62.5 Å². The minimum absolute atomic E-state index is 0.0547. The highest BCUT2D eigenvalue weighted by atomic mass is 16.3. The van der Waals surface area contributed by atoms with Gasteiger partial charge in [0.25, 0.3) is 5.56 Å². The maximum atomic E-state index is 13.8. The lowest BCUT2D eigenvalue weighted by molar-refractivity contribution is -0.141. The summed E-state index contributed by atoms with van der Waals surface area (Å²) in [7, 11) is 1.90. The number of rotatable bonds is 7. The van der Waals surface area contributed by atoms with E-state index >= 15 is 0 Å². The highest BCUT2D eigenvalue weighted by Crippen LogP contribution is 2.49. The van der Waals surface area contributed by atoms with E-state index in [-0.39, 0.29) is 36.4 Å². The van der Waals surface area contributed by atoms with Crippen molar-refractivity contribution in [3.05, 3.63) is 58.0 Å². The van der Waals surface area contributed by atoms with Gasteiger partial charge in [-0.2, -0.15) is 0 Å². The molecule has 4 atom stereocenters. The summed E-state index contributed by atoms with van der Waals surface area (Å²) in [6.07, 6.45) is 11.6. The molecule has 2 aromatic heterocycles. The number of hydrogen-bond donors (Lipinski definition) is 2. The maximum absolute atomic E-state index is 13.8. The number of aryl methyl sites for hydroxylation is 1. The van der Waals surface area contributed by atoms with E-state index in [1.54, 1.807) is 23.0 Å². The van der Waals surface area contributed by atoms with Crippen molar-refractivity contribution in [3.8, 4) is 0 Å². The Morgan fingerprint density at radius 1 is 1.25 bits per heavy atom.